The lowest BCUT2D eigenvalue weighted by atomic mass is 10.1. The maximum atomic E-state index is 12.6. The number of carbonyl (C=O) groups is 1. The fraction of sp³-hybridized carbons (Fsp3) is 0.0526. The van der Waals surface area contributed by atoms with Gasteiger partial charge in [-0.25, -0.2) is 4.98 Å². The van der Waals surface area contributed by atoms with E-state index in [0.717, 1.165) is 10.9 Å². The van der Waals surface area contributed by atoms with E-state index in [0.29, 0.717) is 28.1 Å². The Morgan fingerprint density at radius 3 is 3.15 bits per heavy atom. The largest absolute Gasteiger partial charge is 0.345 e. The summed E-state index contributed by atoms with van der Waals surface area (Å²) >= 11 is 1.39. The van der Waals surface area contributed by atoms with E-state index < -0.39 is 0 Å². The highest BCUT2D eigenvalue weighted by Crippen LogP contribution is 2.16. The van der Waals surface area contributed by atoms with Crippen LogP contribution in [0.4, 0.5) is 0 Å². The minimum absolute atomic E-state index is 0.314. The molecule has 1 amide bonds. The Bertz CT molecular complexity index is 1210. The molecule has 0 saturated carbocycles. The van der Waals surface area contributed by atoms with E-state index in [9.17, 15) is 4.79 Å². The summed E-state index contributed by atoms with van der Waals surface area (Å²) in [6, 6.07) is 13.2. The number of fused-ring (bicyclic) bond motifs is 1. The van der Waals surface area contributed by atoms with E-state index in [1.165, 1.54) is 11.3 Å². The number of rotatable bonds is 3. The lowest BCUT2D eigenvalue weighted by molar-refractivity contribution is 0.0999. The monoisotopic (exact) mass is 359 g/mol. The minimum Gasteiger partial charge on any atom is -0.345 e. The van der Waals surface area contributed by atoms with Crippen molar-refractivity contribution in [2.75, 3.05) is 0 Å². The number of thiazole rings is 1. The van der Waals surface area contributed by atoms with Crippen molar-refractivity contribution in [1.82, 2.24) is 14.5 Å². The molecule has 0 bridgehead atoms. The van der Waals surface area contributed by atoms with Crippen molar-refractivity contribution < 1.29 is 4.79 Å². The fourth-order valence-corrected chi connectivity index (χ4v) is 3.45. The van der Waals surface area contributed by atoms with Crippen LogP contribution in [0.2, 0.25) is 0 Å². The first-order valence-corrected chi connectivity index (χ1v) is 8.77. The van der Waals surface area contributed by atoms with E-state index in [1.807, 2.05) is 40.4 Å². The zero-order valence-corrected chi connectivity index (χ0v) is 14.4. The van der Waals surface area contributed by atoms with Gasteiger partial charge in [0.1, 0.15) is 5.65 Å². The lowest BCUT2D eigenvalue weighted by Gasteiger charge is -2.03. The van der Waals surface area contributed by atoms with Gasteiger partial charge in [-0.05, 0) is 29.8 Å². The summed E-state index contributed by atoms with van der Waals surface area (Å²) in [6.07, 6.45) is 5.19. The van der Waals surface area contributed by atoms with Crippen LogP contribution in [0, 0.1) is 11.3 Å². The van der Waals surface area contributed by atoms with E-state index in [4.69, 9.17) is 5.26 Å². The van der Waals surface area contributed by atoms with Gasteiger partial charge in [-0.3, -0.25) is 4.79 Å². The molecule has 0 unspecified atom stereocenters. The van der Waals surface area contributed by atoms with Crippen LogP contribution in [0.1, 0.15) is 21.5 Å². The number of aromatic amines is 1. The molecule has 0 atom stereocenters. The molecular weight excluding hydrogens is 346 g/mol. The van der Waals surface area contributed by atoms with Crippen LogP contribution in [-0.4, -0.2) is 20.4 Å². The number of pyridine rings is 1. The molecular formula is C19H13N5OS. The lowest BCUT2D eigenvalue weighted by Crippen LogP contribution is -2.17. The Labute approximate surface area is 152 Å². The minimum atomic E-state index is -0.314. The molecule has 6 nitrogen and oxygen atoms in total. The van der Waals surface area contributed by atoms with Crippen LogP contribution < -0.4 is 4.80 Å². The smallest absolute Gasteiger partial charge is 0.281 e. The number of hydrogen-bond acceptors (Lipinski definition) is 4. The van der Waals surface area contributed by atoms with Gasteiger partial charge in [-0.2, -0.15) is 10.3 Å². The van der Waals surface area contributed by atoms with Gasteiger partial charge in [0.2, 0.25) is 0 Å². The van der Waals surface area contributed by atoms with Crippen LogP contribution >= 0.6 is 11.3 Å². The quantitative estimate of drug-likeness (QED) is 0.610. The average molecular weight is 359 g/mol. The Balaban J connectivity index is 1.67. The van der Waals surface area contributed by atoms with E-state index >= 15 is 0 Å². The third-order valence-corrected chi connectivity index (χ3v) is 4.74. The van der Waals surface area contributed by atoms with E-state index in [-0.39, 0.29) is 5.91 Å². The number of nitriles is 1. The molecule has 1 N–H and O–H groups in total. The molecule has 0 spiro atoms. The number of H-pyrrole nitrogens is 1. The van der Waals surface area contributed by atoms with Crippen LogP contribution in [0.3, 0.4) is 0 Å². The Kier molecular flexibility index (Phi) is 4.17. The molecule has 126 valence electrons. The third-order valence-electron chi connectivity index (χ3n) is 3.95. The second-order valence-electron chi connectivity index (χ2n) is 5.64. The van der Waals surface area contributed by atoms with Gasteiger partial charge >= 0.3 is 0 Å². The second kappa shape index (κ2) is 6.78. The van der Waals surface area contributed by atoms with Crippen LogP contribution in [0.25, 0.3) is 11.0 Å². The molecule has 0 aliphatic rings. The number of aromatic nitrogens is 3. The predicted octanol–water partition coefficient (Wildman–Crippen LogP) is 3.09. The van der Waals surface area contributed by atoms with Crippen LogP contribution in [0.5, 0.6) is 0 Å². The third kappa shape index (κ3) is 3.06. The van der Waals surface area contributed by atoms with Gasteiger partial charge in [-0.15, -0.1) is 11.3 Å². The molecule has 3 heterocycles. The molecule has 0 saturated heterocycles. The summed E-state index contributed by atoms with van der Waals surface area (Å²) in [5.74, 6) is -0.314. The molecule has 1 aromatic carbocycles. The van der Waals surface area contributed by atoms with Crippen LogP contribution in [-0.2, 0) is 6.54 Å². The molecule has 7 heteroatoms. The van der Waals surface area contributed by atoms with Gasteiger partial charge in [-0.1, -0.05) is 12.1 Å². The van der Waals surface area contributed by atoms with Gasteiger partial charge in [0, 0.05) is 35.9 Å². The van der Waals surface area contributed by atoms with Crippen molar-refractivity contribution >= 4 is 28.3 Å². The molecule has 0 aliphatic carbocycles. The Hall–Kier alpha value is -3.50. The van der Waals surface area contributed by atoms with E-state index in [2.05, 4.69) is 21.0 Å². The van der Waals surface area contributed by atoms with Gasteiger partial charge < -0.3 is 9.55 Å². The van der Waals surface area contributed by atoms with Gasteiger partial charge in [0.25, 0.3) is 5.91 Å². The van der Waals surface area contributed by atoms with Crippen molar-refractivity contribution in [2.24, 2.45) is 4.99 Å². The summed E-state index contributed by atoms with van der Waals surface area (Å²) in [7, 11) is 0. The molecule has 0 radical (unpaired) electrons. The van der Waals surface area contributed by atoms with Crippen molar-refractivity contribution in [3.05, 3.63) is 81.9 Å². The number of hydrogen-bond donors (Lipinski definition) is 1. The summed E-state index contributed by atoms with van der Waals surface area (Å²) in [6.45, 7) is 0.542. The van der Waals surface area contributed by atoms with E-state index in [1.54, 1.807) is 24.5 Å². The predicted molar refractivity (Wildman–Crippen MR) is 98.6 cm³/mol. The number of amides is 1. The van der Waals surface area contributed by atoms with Gasteiger partial charge in [0.05, 0.1) is 17.2 Å². The first kappa shape index (κ1) is 16.0. The van der Waals surface area contributed by atoms with Crippen LogP contribution in [0.15, 0.2) is 65.4 Å². The van der Waals surface area contributed by atoms with Crippen molar-refractivity contribution in [3.8, 4) is 6.07 Å². The summed E-state index contributed by atoms with van der Waals surface area (Å²) in [5.41, 5.74) is 2.75. The Morgan fingerprint density at radius 1 is 1.35 bits per heavy atom. The normalized spacial score (nSPS) is 11.6. The van der Waals surface area contributed by atoms with Crippen molar-refractivity contribution in [1.29, 1.82) is 5.26 Å². The maximum absolute atomic E-state index is 12.6. The molecule has 0 aliphatic heterocycles. The molecule has 4 rings (SSSR count). The Morgan fingerprint density at radius 2 is 2.27 bits per heavy atom. The maximum Gasteiger partial charge on any atom is 0.281 e. The highest BCUT2D eigenvalue weighted by atomic mass is 32.1. The first-order valence-electron chi connectivity index (χ1n) is 7.89. The highest BCUT2D eigenvalue weighted by molar-refractivity contribution is 7.07. The first-order chi connectivity index (χ1) is 12.7. The standard InChI is InChI=1S/C19H13N5OS/c20-10-13-3-1-4-14(9-13)12-24-7-8-26-19(24)23-18(25)16-11-22-17-15(16)5-2-6-21-17/h1-9,11H,12H2,(H,21,22)/b23-19-. The number of benzene rings is 1. The van der Waals surface area contributed by atoms with Crippen molar-refractivity contribution in [2.45, 2.75) is 6.54 Å². The summed E-state index contributed by atoms with van der Waals surface area (Å²) in [5, 5.41) is 11.7. The average Bonchev–Trinajstić information content (AvgIpc) is 3.29. The summed E-state index contributed by atoms with van der Waals surface area (Å²) < 4.78 is 1.89. The van der Waals surface area contributed by atoms with Gasteiger partial charge in [0.15, 0.2) is 4.80 Å². The number of nitrogens with zero attached hydrogens (tertiary/aromatic N) is 4. The van der Waals surface area contributed by atoms with Crippen molar-refractivity contribution in [3.63, 3.8) is 0 Å². The number of nitrogens with one attached hydrogen (secondary N) is 1. The summed E-state index contributed by atoms with van der Waals surface area (Å²) in [4.78, 5) is 24.7. The fourth-order valence-electron chi connectivity index (χ4n) is 2.72. The zero-order valence-electron chi connectivity index (χ0n) is 13.6. The highest BCUT2D eigenvalue weighted by Gasteiger charge is 2.12. The molecule has 3 aromatic heterocycles. The number of carbonyl (C=O) groups excluding carboxylic acids is 1. The molecule has 4 aromatic rings. The molecule has 26 heavy (non-hydrogen) atoms. The second-order valence-corrected chi connectivity index (χ2v) is 6.52. The molecule has 0 fully saturated rings. The topological polar surface area (TPSA) is 86.8 Å². The zero-order chi connectivity index (χ0) is 17.9. The SMILES string of the molecule is N#Cc1cccc(Cn2ccs/c2=N\C(=O)c2c[nH]c3ncccc23)c1.